The summed E-state index contributed by atoms with van der Waals surface area (Å²) in [5.41, 5.74) is 3.38. The Kier molecular flexibility index (Phi) is 18.5. The number of nitrogens with one attached hydrogen (secondary N) is 2. The number of hydrogen-bond donors (Lipinski definition) is 3. The predicted molar refractivity (Wildman–Crippen MR) is 236 cm³/mol. The Morgan fingerprint density at radius 2 is 1.60 bits per heavy atom. The lowest BCUT2D eigenvalue weighted by atomic mass is 9.88. The lowest BCUT2D eigenvalue weighted by Gasteiger charge is -2.32. The number of likely N-dealkylation sites (N-methyl/N-ethyl adjacent to an activating group) is 1. The van der Waals surface area contributed by atoms with Crippen molar-refractivity contribution in [2.24, 2.45) is 0 Å². The lowest BCUT2D eigenvalue weighted by Crippen LogP contribution is -2.52. The van der Waals surface area contributed by atoms with Crippen molar-refractivity contribution in [2.75, 3.05) is 60.1 Å². The van der Waals surface area contributed by atoms with Gasteiger partial charge in [0, 0.05) is 74.2 Å². The number of aryl methyl sites for hydroxylation is 2. The van der Waals surface area contributed by atoms with Gasteiger partial charge < -0.3 is 52.1 Å². The van der Waals surface area contributed by atoms with Crippen molar-refractivity contribution in [3.63, 3.8) is 0 Å². The summed E-state index contributed by atoms with van der Waals surface area (Å²) in [6.45, 7) is -0.899. The largest absolute Gasteiger partial charge is 0.748 e. The number of allylic oxidation sites excluding steroid dienone is 2. The molecule has 0 spiro atoms. The van der Waals surface area contributed by atoms with E-state index in [0.29, 0.717) is 72.1 Å². The molecule has 1 saturated heterocycles. The molecule has 3 N–H and O–H groups in total. The fourth-order valence-corrected chi connectivity index (χ4v) is 8.37. The van der Waals surface area contributed by atoms with Crippen molar-refractivity contribution in [3.05, 3.63) is 76.3 Å². The van der Waals surface area contributed by atoms with Crippen LogP contribution in [-0.2, 0) is 50.1 Å². The zero-order chi connectivity index (χ0) is 50.8. The molecular formula is C43H57BF5N7O11S. The number of carbonyl (C=O) groups excluding carboxylic acids is 5. The molecule has 5 rings (SSSR count). The van der Waals surface area contributed by atoms with Crippen LogP contribution in [0.3, 0.4) is 0 Å². The van der Waals surface area contributed by atoms with Crippen LogP contribution in [0.1, 0.15) is 80.3 Å². The van der Waals surface area contributed by atoms with Gasteiger partial charge in [-0.1, -0.05) is 24.6 Å². The summed E-state index contributed by atoms with van der Waals surface area (Å²) in [5.74, 6) is -7.40. The van der Waals surface area contributed by atoms with Crippen molar-refractivity contribution in [3.8, 4) is 0 Å². The Hall–Kier alpha value is -5.79. The fraction of sp³-hybridized carbons (Fsp3) is 0.512. The lowest BCUT2D eigenvalue weighted by molar-refractivity contribution is -0.870. The number of nitrogens with zero attached hydrogens (tertiary/aromatic N) is 5. The minimum absolute atomic E-state index is 0.0137. The molecule has 18 nitrogen and oxygen atoms in total. The summed E-state index contributed by atoms with van der Waals surface area (Å²) in [7, 11) is 3.07. The topological polar surface area (TPSA) is 228 Å². The third-order valence-electron chi connectivity index (χ3n) is 11.0. The van der Waals surface area contributed by atoms with E-state index in [1.165, 1.54) is 0 Å². The number of carboxylic acids is 1. The summed E-state index contributed by atoms with van der Waals surface area (Å²) in [4.78, 5) is 77.1. The van der Waals surface area contributed by atoms with Crippen LogP contribution in [0.25, 0.3) is 6.08 Å². The number of amides is 4. The number of fused-ring (bicyclic) bond motifs is 2. The molecule has 1 aromatic carbocycles. The van der Waals surface area contributed by atoms with Crippen LogP contribution >= 0.6 is 0 Å². The Morgan fingerprint density at radius 1 is 0.971 bits per heavy atom. The van der Waals surface area contributed by atoms with Crippen molar-refractivity contribution in [1.29, 1.82) is 0 Å². The van der Waals surface area contributed by atoms with Gasteiger partial charge in [0.25, 0.3) is 11.8 Å². The van der Waals surface area contributed by atoms with E-state index in [2.05, 4.69) is 31.8 Å². The number of quaternary nitrogens is 1. The van der Waals surface area contributed by atoms with E-state index in [4.69, 9.17) is 14.7 Å². The molecule has 3 aliphatic rings. The van der Waals surface area contributed by atoms with E-state index in [-0.39, 0.29) is 44.3 Å². The van der Waals surface area contributed by atoms with Crippen LogP contribution in [-0.4, -0.2) is 162 Å². The van der Waals surface area contributed by atoms with Crippen LogP contribution in [0.4, 0.5) is 21.8 Å². The summed E-state index contributed by atoms with van der Waals surface area (Å²) in [5, 5.41) is 12.5. The van der Waals surface area contributed by atoms with Crippen molar-refractivity contribution in [1.82, 2.24) is 25.1 Å². The zero-order valence-electron chi connectivity index (χ0n) is 38.4. The van der Waals surface area contributed by atoms with Crippen molar-refractivity contribution < 1.29 is 82.5 Å². The molecule has 374 valence electrons. The van der Waals surface area contributed by atoms with Crippen molar-refractivity contribution >= 4 is 64.4 Å². The first kappa shape index (κ1) is 54.8. The van der Waals surface area contributed by atoms with Gasteiger partial charge in [-0.15, -0.1) is 5.06 Å². The Bertz CT molecular complexity index is 2420. The highest BCUT2D eigenvalue weighted by atomic mass is 32.2. The quantitative estimate of drug-likeness (QED) is 0.0387. The van der Waals surface area contributed by atoms with E-state index in [1.807, 2.05) is 17.0 Å². The number of imide groups is 1. The number of carboxylic acid groups (broad SMARTS) is 1. The Balaban J connectivity index is 0.00000133. The number of hydroxylamine groups is 2. The standard InChI is InChI=1S/C41H56BF2N7O9S.C2HF3O2/c1-29-25-32(48-34(29)27-36-31(15-12-24-51(3,4)5)26-35(49(36)42(48,43)44)30-13-8-6-9-14-30)17-18-37(52)46-33(28-61(57,58)59)41(56)45-21-23-47(2)22-11-7-10-16-40(55)60-50-38(53)19-20-39(50)54;3-2(4,5)1(6)7/h6,8-9,13-14,25-27,33H,7,10-12,15-24,28H2,1-5H3,(H2-,45,46,52,56,57,58,59);(H,6,7). The molecule has 1 atom stereocenters. The third-order valence-corrected chi connectivity index (χ3v) is 11.8. The number of benzene rings is 1. The minimum Gasteiger partial charge on any atom is -0.748 e. The molecule has 4 heterocycles. The molecule has 2 aromatic rings. The van der Waals surface area contributed by atoms with E-state index in [0.717, 1.165) is 32.0 Å². The normalized spacial score (nSPS) is 16.1. The van der Waals surface area contributed by atoms with Gasteiger partial charge in [0.2, 0.25) is 11.8 Å². The fourth-order valence-electron chi connectivity index (χ4n) is 7.72. The number of alkyl halides is 3. The molecule has 0 radical (unpaired) electrons. The number of carbonyl (C=O) groups is 6. The average Bonchev–Trinajstić information content (AvgIpc) is 3.88. The van der Waals surface area contributed by atoms with E-state index in [1.54, 1.807) is 50.4 Å². The first-order valence-corrected chi connectivity index (χ1v) is 23.4. The van der Waals surface area contributed by atoms with Gasteiger partial charge in [0.1, 0.15) is 6.04 Å². The summed E-state index contributed by atoms with van der Waals surface area (Å²) >= 11 is 0. The second-order valence-electron chi connectivity index (χ2n) is 17.7. The Labute approximate surface area is 390 Å². The SMILES string of the molecule is Cc1cc(CCC(=O)NC(CS(=O)(=O)[O-])C(=O)NCCN(C)CCCCCC(=O)ON2C(=O)CCC2=O)n2c1C=C1C(CCC[N+](C)(C)C)=CC(c3ccccc3)=[N+]1[B-]2(F)F.O=C(O)C(F)(F)F. The number of hydrogen-bond acceptors (Lipinski definition) is 11. The molecule has 1 fully saturated rings. The molecule has 1 unspecified atom stereocenters. The molecular weight excluding hydrogens is 928 g/mol. The van der Waals surface area contributed by atoms with Crippen LogP contribution < -0.4 is 10.6 Å². The Morgan fingerprint density at radius 3 is 2.19 bits per heavy atom. The van der Waals surface area contributed by atoms with E-state index < -0.39 is 70.6 Å². The van der Waals surface area contributed by atoms with Crippen LogP contribution in [0.5, 0.6) is 0 Å². The highest BCUT2D eigenvalue weighted by Gasteiger charge is 2.54. The van der Waals surface area contributed by atoms with Gasteiger partial charge in [-0.05, 0) is 75.7 Å². The number of halogens is 5. The maximum atomic E-state index is 17.0. The molecule has 3 aliphatic heterocycles. The summed E-state index contributed by atoms with van der Waals surface area (Å²) in [6.07, 6.45) is 1.21. The maximum Gasteiger partial charge on any atom is 0.737 e. The molecule has 25 heteroatoms. The zero-order valence-corrected chi connectivity index (χ0v) is 39.3. The summed E-state index contributed by atoms with van der Waals surface area (Å²) < 4.78 is 104. The molecule has 0 aliphatic carbocycles. The number of aliphatic carboxylic acids is 1. The van der Waals surface area contributed by atoms with Crippen molar-refractivity contribution in [2.45, 2.75) is 83.4 Å². The monoisotopic (exact) mass is 985 g/mol. The van der Waals surface area contributed by atoms with E-state index >= 15 is 8.63 Å². The molecule has 4 amide bonds. The predicted octanol–water partition coefficient (Wildman–Crippen LogP) is 3.11. The van der Waals surface area contributed by atoms with Gasteiger partial charge >= 0.3 is 25.1 Å². The van der Waals surface area contributed by atoms with Gasteiger partial charge in [0.05, 0.1) is 43.6 Å². The van der Waals surface area contributed by atoms with Gasteiger partial charge in [0.15, 0.2) is 11.4 Å². The highest BCUT2D eigenvalue weighted by molar-refractivity contribution is 7.85. The first-order chi connectivity index (χ1) is 31.6. The molecule has 0 saturated carbocycles. The third kappa shape index (κ3) is 15.6. The second kappa shape index (κ2) is 23.0. The van der Waals surface area contributed by atoms with Crippen LogP contribution in [0.15, 0.2) is 53.7 Å². The average molecular weight is 986 g/mol. The smallest absolute Gasteiger partial charge is 0.737 e. The van der Waals surface area contributed by atoms with Crippen LogP contribution in [0, 0.1) is 6.92 Å². The second-order valence-corrected chi connectivity index (χ2v) is 19.1. The minimum atomic E-state index is -5.08. The van der Waals surface area contributed by atoms with Gasteiger partial charge in [-0.2, -0.15) is 13.2 Å². The molecule has 68 heavy (non-hydrogen) atoms. The van der Waals surface area contributed by atoms with Crippen LogP contribution in [0.2, 0.25) is 0 Å². The molecule has 0 bridgehead atoms. The van der Waals surface area contributed by atoms with Gasteiger partial charge in [-0.3, -0.25) is 19.2 Å². The van der Waals surface area contributed by atoms with E-state index in [9.17, 15) is 50.1 Å². The molecule has 1 aromatic heterocycles. The summed E-state index contributed by atoms with van der Waals surface area (Å²) in [6, 6.07) is 8.90. The number of aromatic nitrogens is 1. The first-order valence-electron chi connectivity index (χ1n) is 21.8. The highest BCUT2D eigenvalue weighted by Crippen LogP contribution is 2.39. The number of rotatable bonds is 22. The number of unbranched alkanes of at least 4 members (excludes halogenated alkanes) is 2. The maximum absolute atomic E-state index is 17.0. The van der Waals surface area contributed by atoms with Gasteiger partial charge in [-0.25, -0.2) is 18.0 Å².